The standard InChI is InChI=1S/C26H47N7O8.C10H17N3O5/c1-10-27(2)21(35)14-29(4)23(37)16-31(6)25(39)18-33(8)26(40)19-32(7)24(38)17-30(5)22(36)15-28(3)20(34)12-11-13-41-9;1-11(7-14)4-8(15)12(2)5-9(16)13(3)6-10(17)18/h10-19H2,1-9H3;7H,4-6H2,1-3H3,(H,17,18). The summed E-state index contributed by atoms with van der Waals surface area (Å²) >= 11 is 0. The second-order valence-electron chi connectivity index (χ2n) is 13.9. The number of carboxylic acids is 1. The van der Waals surface area contributed by atoms with Gasteiger partial charge in [-0.15, -0.1) is 0 Å². The first-order valence-electron chi connectivity index (χ1n) is 18.3. The highest BCUT2D eigenvalue weighted by Crippen LogP contribution is 2.01. The number of amides is 10. The molecule has 23 heteroatoms. The molecule has 0 aromatic carbocycles. The fourth-order valence-corrected chi connectivity index (χ4v) is 4.28. The number of aliphatic carboxylic acids is 1. The first-order chi connectivity index (χ1) is 27.3. The lowest BCUT2D eigenvalue weighted by molar-refractivity contribution is -0.145. The van der Waals surface area contributed by atoms with E-state index in [-0.39, 0.29) is 70.6 Å². The summed E-state index contributed by atoms with van der Waals surface area (Å²) in [5.41, 5.74) is 0. The van der Waals surface area contributed by atoms with E-state index < -0.39 is 53.9 Å². The first kappa shape index (κ1) is 55.2. The van der Waals surface area contributed by atoms with E-state index in [1.54, 1.807) is 7.05 Å². The van der Waals surface area contributed by atoms with Gasteiger partial charge in [0.15, 0.2) is 0 Å². The molecule has 0 bridgehead atoms. The van der Waals surface area contributed by atoms with Crippen LogP contribution < -0.4 is 0 Å². The maximum Gasteiger partial charge on any atom is 0.323 e. The zero-order valence-corrected chi connectivity index (χ0v) is 36.6. The number of ether oxygens (including phenoxy) is 1. The van der Waals surface area contributed by atoms with Crippen molar-refractivity contribution < 1.29 is 62.6 Å². The third-order valence-electron chi connectivity index (χ3n) is 8.59. The van der Waals surface area contributed by atoms with Crippen molar-refractivity contribution in [2.45, 2.75) is 19.8 Å². The Bertz CT molecular complexity index is 1480. The van der Waals surface area contributed by atoms with E-state index in [2.05, 4.69) is 0 Å². The maximum atomic E-state index is 12.6. The Hall–Kier alpha value is -5.87. The molecule has 1 N–H and O–H groups in total. The second kappa shape index (κ2) is 28.5. The van der Waals surface area contributed by atoms with Crippen LogP contribution in [0.15, 0.2) is 0 Å². The molecule has 0 atom stereocenters. The van der Waals surface area contributed by atoms with E-state index in [9.17, 15) is 52.7 Å². The molecular weight excluding hydrogens is 780 g/mol. The molecule has 23 nitrogen and oxygen atoms in total. The Morgan fingerprint density at radius 2 is 0.678 bits per heavy atom. The number of likely N-dealkylation sites (N-methyl/N-ethyl adjacent to an activating group) is 10. The summed E-state index contributed by atoms with van der Waals surface area (Å²) in [5.74, 6) is -4.84. The SMILES string of the molecule is CCN(C)C(=O)CN(C)C(=O)CN(C)C(=O)CN(C)C(=O)CN(C)C(=O)CN(C)C(=O)CN(C)C(=O)CCCOC.CN(C=O)CC(=O)N(C)CC(=O)N(C)CC(=O)O. The van der Waals surface area contributed by atoms with E-state index in [1.807, 2.05) is 6.92 Å². The van der Waals surface area contributed by atoms with Crippen LogP contribution in [0.4, 0.5) is 0 Å². The van der Waals surface area contributed by atoms with Crippen molar-refractivity contribution in [2.75, 3.05) is 150 Å². The Labute approximate surface area is 346 Å². The lowest BCUT2D eigenvalue weighted by atomic mass is 10.3. The summed E-state index contributed by atoms with van der Waals surface area (Å²) in [5, 5.41) is 8.51. The average molecular weight is 845 g/mol. The number of hydrogen-bond donors (Lipinski definition) is 1. The molecule has 0 rings (SSSR count). The number of carbonyl (C=O) groups excluding carboxylic acids is 10. The molecule has 0 saturated heterocycles. The molecular formula is C36H64N10O13. The Morgan fingerprint density at radius 3 is 0.932 bits per heavy atom. The van der Waals surface area contributed by atoms with Crippen molar-refractivity contribution in [1.82, 2.24) is 49.0 Å². The molecule has 10 amide bonds. The number of methoxy groups -OCH3 is 1. The van der Waals surface area contributed by atoms with Crippen LogP contribution in [0.25, 0.3) is 0 Å². The van der Waals surface area contributed by atoms with Crippen LogP contribution in [0, 0.1) is 0 Å². The Kier molecular flexibility index (Phi) is 26.7. The third kappa shape index (κ3) is 23.2. The molecule has 0 fully saturated rings. The quantitative estimate of drug-likeness (QED) is 0.0715. The predicted octanol–water partition coefficient (Wildman–Crippen LogP) is -4.28. The normalized spacial score (nSPS) is 10.1. The summed E-state index contributed by atoms with van der Waals surface area (Å²) in [4.78, 5) is 142. The molecule has 0 saturated carbocycles. The van der Waals surface area contributed by atoms with Gasteiger partial charge in [0.1, 0.15) is 6.54 Å². The minimum atomic E-state index is -1.12. The number of carboxylic acid groups (broad SMARTS) is 1. The average Bonchev–Trinajstić information content (AvgIpc) is 3.16. The van der Waals surface area contributed by atoms with E-state index >= 15 is 0 Å². The topological polar surface area (TPSA) is 250 Å². The van der Waals surface area contributed by atoms with Gasteiger partial charge in [0, 0.05) is 97.2 Å². The van der Waals surface area contributed by atoms with Gasteiger partial charge in [-0.2, -0.15) is 0 Å². The van der Waals surface area contributed by atoms with Gasteiger partial charge in [-0.3, -0.25) is 52.7 Å². The van der Waals surface area contributed by atoms with Crippen molar-refractivity contribution in [3.05, 3.63) is 0 Å². The van der Waals surface area contributed by atoms with Crippen LogP contribution in [0.5, 0.6) is 0 Å². The van der Waals surface area contributed by atoms with Crippen molar-refractivity contribution in [2.24, 2.45) is 0 Å². The minimum Gasteiger partial charge on any atom is -0.480 e. The molecule has 0 spiro atoms. The molecule has 0 aromatic heterocycles. The minimum absolute atomic E-state index is 0.117. The summed E-state index contributed by atoms with van der Waals surface area (Å²) in [7, 11) is 16.0. The molecule has 0 heterocycles. The molecule has 0 aliphatic carbocycles. The predicted molar refractivity (Wildman–Crippen MR) is 212 cm³/mol. The molecule has 0 aromatic rings. The molecule has 0 radical (unpaired) electrons. The van der Waals surface area contributed by atoms with Gasteiger partial charge in [-0.05, 0) is 13.3 Å². The molecule has 59 heavy (non-hydrogen) atoms. The smallest absolute Gasteiger partial charge is 0.323 e. The zero-order chi connectivity index (χ0) is 46.2. The lowest BCUT2D eigenvalue weighted by Gasteiger charge is -2.27. The van der Waals surface area contributed by atoms with Crippen LogP contribution in [0.3, 0.4) is 0 Å². The van der Waals surface area contributed by atoms with Crippen LogP contribution in [0.1, 0.15) is 19.8 Å². The summed E-state index contributed by atoms with van der Waals surface area (Å²) in [6.45, 7) is 0.440. The van der Waals surface area contributed by atoms with E-state index in [0.717, 1.165) is 29.4 Å². The Morgan fingerprint density at radius 1 is 0.424 bits per heavy atom. The van der Waals surface area contributed by atoms with Gasteiger partial charge in [0.05, 0.1) is 52.4 Å². The highest BCUT2D eigenvalue weighted by Gasteiger charge is 2.24. The molecule has 0 aliphatic rings. The fraction of sp³-hybridized carbons (Fsp3) is 0.694. The first-order valence-corrected chi connectivity index (χ1v) is 18.3. The monoisotopic (exact) mass is 844 g/mol. The fourth-order valence-electron chi connectivity index (χ4n) is 4.28. The summed E-state index contributed by atoms with van der Waals surface area (Å²) in [6.07, 6.45) is 1.28. The molecule has 336 valence electrons. The lowest BCUT2D eigenvalue weighted by Crippen LogP contribution is -2.48. The van der Waals surface area contributed by atoms with E-state index in [1.165, 1.54) is 90.1 Å². The highest BCUT2D eigenvalue weighted by atomic mass is 16.5. The number of carbonyl (C=O) groups is 11. The van der Waals surface area contributed by atoms with Gasteiger partial charge in [0.2, 0.25) is 59.6 Å². The zero-order valence-electron chi connectivity index (χ0n) is 36.6. The van der Waals surface area contributed by atoms with Crippen molar-refractivity contribution >= 4 is 65.5 Å². The van der Waals surface area contributed by atoms with Crippen molar-refractivity contribution in [3.8, 4) is 0 Å². The van der Waals surface area contributed by atoms with Gasteiger partial charge in [-0.25, -0.2) is 0 Å². The van der Waals surface area contributed by atoms with Crippen LogP contribution in [-0.2, 0) is 57.5 Å². The molecule has 0 aliphatic heterocycles. The van der Waals surface area contributed by atoms with Gasteiger partial charge < -0.3 is 58.8 Å². The number of nitrogens with zero attached hydrogens (tertiary/aromatic N) is 10. The Balaban J connectivity index is 0. The van der Waals surface area contributed by atoms with Gasteiger partial charge >= 0.3 is 5.97 Å². The highest BCUT2D eigenvalue weighted by molar-refractivity contribution is 5.92. The van der Waals surface area contributed by atoms with Crippen molar-refractivity contribution in [3.63, 3.8) is 0 Å². The third-order valence-corrected chi connectivity index (χ3v) is 8.59. The number of rotatable bonds is 24. The number of hydrogen-bond acceptors (Lipinski definition) is 12. The van der Waals surface area contributed by atoms with Crippen molar-refractivity contribution in [1.29, 1.82) is 0 Å². The van der Waals surface area contributed by atoms with Crippen LogP contribution in [0.2, 0.25) is 0 Å². The molecule has 0 unspecified atom stereocenters. The van der Waals surface area contributed by atoms with Crippen LogP contribution >= 0.6 is 0 Å². The maximum absolute atomic E-state index is 12.6. The summed E-state index contributed by atoms with van der Waals surface area (Å²) < 4.78 is 4.91. The van der Waals surface area contributed by atoms with E-state index in [4.69, 9.17) is 9.84 Å². The van der Waals surface area contributed by atoms with Gasteiger partial charge in [-0.1, -0.05) is 0 Å². The summed E-state index contributed by atoms with van der Waals surface area (Å²) in [6, 6.07) is 0. The largest absolute Gasteiger partial charge is 0.480 e. The van der Waals surface area contributed by atoms with E-state index in [0.29, 0.717) is 26.0 Å². The van der Waals surface area contributed by atoms with Crippen LogP contribution in [-0.4, -0.2) is 269 Å². The van der Waals surface area contributed by atoms with Gasteiger partial charge in [0.25, 0.3) is 0 Å². The second-order valence-corrected chi connectivity index (χ2v) is 13.9.